The number of anilines is 3. The topological polar surface area (TPSA) is 120 Å². The van der Waals surface area contributed by atoms with Gasteiger partial charge in [0.15, 0.2) is 0 Å². The van der Waals surface area contributed by atoms with Crippen LogP contribution in [-0.2, 0) is 0 Å². The fourth-order valence-corrected chi connectivity index (χ4v) is 3.53. The Balaban J connectivity index is 1.51. The molecule has 0 spiro atoms. The number of thioether (sulfide) groups is 1. The number of hydrogen-bond donors (Lipinski definition) is 1. The molecule has 0 bridgehead atoms. The number of nitrogens with zero attached hydrogens (tertiary/aromatic N) is 7. The van der Waals surface area contributed by atoms with Gasteiger partial charge < -0.3 is 15.2 Å². The van der Waals surface area contributed by atoms with Crippen molar-refractivity contribution in [3.8, 4) is 23.1 Å². The lowest BCUT2D eigenvalue weighted by Gasteiger charge is -2.17. The predicted molar refractivity (Wildman–Crippen MR) is 117 cm³/mol. The smallest absolute Gasteiger partial charge is 0.368 e. The molecule has 4 aromatic rings. The predicted octanol–water partition coefficient (Wildman–Crippen LogP) is 4.38. The highest BCUT2D eigenvalue weighted by molar-refractivity contribution is 7.99. The molecule has 0 saturated heterocycles. The van der Waals surface area contributed by atoms with Crippen LogP contribution in [0.15, 0.2) is 58.2 Å². The number of benzene rings is 1. The Bertz CT molecular complexity index is 1220. The summed E-state index contributed by atoms with van der Waals surface area (Å²) in [5.41, 5.74) is 7.20. The summed E-state index contributed by atoms with van der Waals surface area (Å²) in [6.07, 6.45) is -3.63. The molecule has 9 nitrogen and oxygen atoms in total. The van der Waals surface area contributed by atoms with Crippen LogP contribution in [0.1, 0.15) is 6.42 Å². The van der Waals surface area contributed by atoms with E-state index in [9.17, 15) is 13.2 Å². The second-order valence-electron chi connectivity index (χ2n) is 6.73. The largest absolute Gasteiger partial charge is 0.389 e. The minimum Gasteiger partial charge on any atom is -0.368 e. The fraction of sp³-hybridized carbons (Fsp3) is 0.200. The summed E-state index contributed by atoms with van der Waals surface area (Å²) in [6.45, 7) is 0. The highest BCUT2D eigenvalue weighted by Gasteiger charge is 2.26. The summed E-state index contributed by atoms with van der Waals surface area (Å²) < 4.78 is 42.1. The lowest BCUT2D eigenvalue weighted by Crippen LogP contribution is -2.15. The molecule has 3 aromatic heterocycles. The molecule has 0 saturated carbocycles. The minimum atomic E-state index is -4.19. The number of alkyl halides is 3. The van der Waals surface area contributed by atoms with Crippen LogP contribution in [0.4, 0.5) is 30.8 Å². The van der Waals surface area contributed by atoms with Gasteiger partial charge in [-0.05, 0) is 24.3 Å². The summed E-state index contributed by atoms with van der Waals surface area (Å²) in [7, 11) is 1.79. The number of nitrogen functional groups attached to an aromatic ring is 1. The molecule has 0 amide bonds. The van der Waals surface area contributed by atoms with Crippen molar-refractivity contribution in [2.24, 2.45) is 0 Å². The molecule has 170 valence electrons. The van der Waals surface area contributed by atoms with Gasteiger partial charge in [0.05, 0.1) is 17.0 Å². The first-order chi connectivity index (χ1) is 15.8. The van der Waals surface area contributed by atoms with E-state index in [0.29, 0.717) is 16.5 Å². The van der Waals surface area contributed by atoms with Crippen LogP contribution < -0.4 is 10.6 Å². The van der Waals surface area contributed by atoms with Gasteiger partial charge in [-0.2, -0.15) is 33.1 Å². The summed E-state index contributed by atoms with van der Waals surface area (Å²) in [5, 5.41) is 4.37. The van der Waals surface area contributed by atoms with Crippen molar-refractivity contribution in [3.05, 3.63) is 48.7 Å². The van der Waals surface area contributed by atoms with E-state index < -0.39 is 12.6 Å². The van der Waals surface area contributed by atoms with Gasteiger partial charge in [0, 0.05) is 24.7 Å². The van der Waals surface area contributed by atoms with Crippen LogP contribution in [-0.4, -0.2) is 49.1 Å². The molecule has 0 radical (unpaired) electrons. The quantitative estimate of drug-likeness (QED) is 0.386. The van der Waals surface area contributed by atoms with E-state index in [1.54, 1.807) is 24.1 Å². The van der Waals surface area contributed by atoms with Crippen LogP contribution in [0.25, 0.3) is 23.1 Å². The number of nitrogens with two attached hydrogens (primary N) is 1. The lowest BCUT2D eigenvalue weighted by atomic mass is 10.3. The van der Waals surface area contributed by atoms with Crippen LogP contribution >= 0.6 is 11.8 Å². The van der Waals surface area contributed by atoms with Gasteiger partial charge in [0.2, 0.25) is 23.5 Å². The maximum Gasteiger partial charge on any atom is 0.389 e. The Labute approximate surface area is 190 Å². The molecular weight excluding hydrogens is 457 g/mol. The van der Waals surface area contributed by atoms with Gasteiger partial charge in [-0.3, -0.25) is 0 Å². The molecule has 4 rings (SSSR count). The number of rotatable bonds is 7. The summed E-state index contributed by atoms with van der Waals surface area (Å²) in [5.74, 6) is 0.568. The molecule has 2 N–H and O–H groups in total. The van der Waals surface area contributed by atoms with E-state index in [1.807, 2.05) is 30.3 Å². The fourth-order valence-electron chi connectivity index (χ4n) is 2.69. The van der Waals surface area contributed by atoms with Crippen LogP contribution in [0.3, 0.4) is 0 Å². The van der Waals surface area contributed by atoms with Gasteiger partial charge >= 0.3 is 6.18 Å². The van der Waals surface area contributed by atoms with E-state index in [2.05, 4.69) is 30.1 Å². The molecule has 0 aliphatic rings. The van der Waals surface area contributed by atoms with Gasteiger partial charge in [-0.25, -0.2) is 4.98 Å². The van der Waals surface area contributed by atoms with Crippen LogP contribution in [0, 0.1) is 0 Å². The van der Waals surface area contributed by atoms with Crippen LogP contribution in [0.5, 0.6) is 0 Å². The molecule has 13 heteroatoms. The number of hydrogen-bond acceptors (Lipinski definition) is 10. The number of aromatic nitrogens is 6. The van der Waals surface area contributed by atoms with Crippen molar-refractivity contribution in [2.75, 3.05) is 23.4 Å². The van der Waals surface area contributed by atoms with Crippen molar-refractivity contribution in [1.82, 2.24) is 30.1 Å². The molecular formula is C20H17F3N8OS. The Morgan fingerprint density at radius 3 is 2.48 bits per heavy atom. The number of pyridine rings is 1. The zero-order valence-electron chi connectivity index (χ0n) is 17.2. The Morgan fingerprint density at radius 2 is 1.79 bits per heavy atom. The molecule has 3 heterocycles. The molecule has 0 unspecified atom stereocenters. The van der Waals surface area contributed by atoms with Gasteiger partial charge in [0.1, 0.15) is 0 Å². The molecule has 0 fully saturated rings. The normalized spacial score (nSPS) is 11.5. The number of halogens is 3. The maximum atomic E-state index is 12.3. The first-order valence-electron chi connectivity index (χ1n) is 9.59. The Kier molecular flexibility index (Phi) is 6.40. The second kappa shape index (κ2) is 9.40. The lowest BCUT2D eigenvalue weighted by molar-refractivity contribution is -0.129. The summed E-state index contributed by atoms with van der Waals surface area (Å²) >= 11 is 1.01. The first kappa shape index (κ1) is 22.5. The van der Waals surface area contributed by atoms with Gasteiger partial charge in [-0.15, -0.1) is 11.8 Å². The van der Waals surface area contributed by atoms with Crippen molar-refractivity contribution in [3.63, 3.8) is 0 Å². The SMILES string of the molecule is CN(c1ccccc1)c1nc(N)nc(-c2noc(-c3ccc(SCCC(F)(F)F)nc3)n2)n1. The van der Waals surface area contributed by atoms with E-state index in [0.717, 1.165) is 17.4 Å². The van der Waals surface area contributed by atoms with Crippen molar-refractivity contribution >= 4 is 29.3 Å². The second-order valence-corrected chi connectivity index (χ2v) is 7.85. The minimum absolute atomic E-state index is 0.00830. The van der Waals surface area contributed by atoms with Gasteiger partial charge in [0.25, 0.3) is 5.89 Å². The molecule has 0 atom stereocenters. The maximum absolute atomic E-state index is 12.3. The van der Waals surface area contributed by atoms with Crippen molar-refractivity contribution < 1.29 is 17.7 Å². The Morgan fingerprint density at radius 1 is 1.00 bits per heavy atom. The molecule has 0 aliphatic heterocycles. The van der Waals surface area contributed by atoms with Crippen molar-refractivity contribution in [2.45, 2.75) is 17.6 Å². The average molecular weight is 474 g/mol. The molecule has 1 aromatic carbocycles. The Hall–Kier alpha value is -3.74. The molecule has 0 aliphatic carbocycles. The third-order valence-corrected chi connectivity index (χ3v) is 5.27. The van der Waals surface area contributed by atoms with E-state index >= 15 is 0 Å². The summed E-state index contributed by atoms with van der Waals surface area (Å²) in [6, 6.07) is 12.7. The monoisotopic (exact) mass is 474 g/mol. The van der Waals surface area contributed by atoms with E-state index in [1.165, 1.54) is 6.20 Å². The average Bonchev–Trinajstić information content (AvgIpc) is 3.29. The standard InChI is InChI=1S/C20H17F3N8OS/c1-31(13-5-3-2-4-6-13)19-28-15(27-18(24)29-19)16-26-17(32-30-16)12-7-8-14(25-11-12)33-10-9-20(21,22)23/h2-8,11H,9-10H2,1H3,(H2,24,27,28,29). The highest BCUT2D eigenvalue weighted by Crippen LogP contribution is 2.27. The zero-order valence-corrected chi connectivity index (χ0v) is 18.0. The molecule has 33 heavy (non-hydrogen) atoms. The highest BCUT2D eigenvalue weighted by atomic mass is 32.2. The third-order valence-electron chi connectivity index (χ3n) is 4.33. The van der Waals surface area contributed by atoms with Crippen molar-refractivity contribution in [1.29, 1.82) is 0 Å². The zero-order chi connectivity index (χ0) is 23.4. The van der Waals surface area contributed by atoms with E-state index in [4.69, 9.17) is 10.3 Å². The van der Waals surface area contributed by atoms with Gasteiger partial charge in [-0.1, -0.05) is 23.4 Å². The number of para-hydroxylation sites is 1. The van der Waals surface area contributed by atoms with Crippen LogP contribution in [0.2, 0.25) is 0 Å². The summed E-state index contributed by atoms with van der Waals surface area (Å²) in [4.78, 5) is 22.8. The third kappa shape index (κ3) is 5.74. The first-order valence-corrected chi connectivity index (χ1v) is 10.6. The van der Waals surface area contributed by atoms with E-state index in [-0.39, 0.29) is 29.2 Å².